The van der Waals surface area contributed by atoms with Gasteiger partial charge in [0.2, 0.25) is 0 Å². The Labute approximate surface area is 255 Å². The van der Waals surface area contributed by atoms with Crippen LogP contribution in [0.4, 0.5) is 0 Å². The Morgan fingerprint density at radius 3 is 2.09 bits per heavy atom. The Bertz CT molecular complexity index is 2270. The molecule has 44 heavy (non-hydrogen) atoms. The molecule has 2 aliphatic rings. The van der Waals surface area contributed by atoms with E-state index in [2.05, 4.69) is 106 Å². The average molecular weight is 566 g/mol. The maximum Gasteiger partial charge on any atom is 0.101 e. The highest BCUT2D eigenvalue weighted by atomic mass is 15.0. The van der Waals surface area contributed by atoms with Crippen molar-refractivity contribution in [3.63, 3.8) is 0 Å². The molecule has 208 valence electrons. The lowest BCUT2D eigenvalue weighted by Crippen LogP contribution is -2.28. The standard InChI is InChI=1S/C39H27N5/c40-22-25-19-28(24-42)39(44-36-15-7-3-11-31(36)32-12-4-8-16-37(32)44)33(20-25)26-17-18-27(23-41)38(21-26)43-34-13-5-1-9-29(34)30-10-2-6-14-35(30)43/h1,3-9,11-18,20-21,28,33,39H,2,10,19H2. The highest BCUT2D eigenvalue weighted by molar-refractivity contribution is 6.08. The van der Waals surface area contributed by atoms with Crippen molar-refractivity contribution in [1.82, 2.24) is 9.13 Å². The first-order chi connectivity index (χ1) is 21.7. The van der Waals surface area contributed by atoms with Crippen LogP contribution in [0.15, 0.2) is 109 Å². The van der Waals surface area contributed by atoms with E-state index in [9.17, 15) is 15.8 Å². The summed E-state index contributed by atoms with van der Waals surface area (Å²) in [5.41, 5.74) is 8.63. The number of benzene rings is 4. The maximum absolute atomic E-state index is 10.6. The Kier molecular flexibility index (Phi) is 5.97. The van der Waals surface area contributed by atoms with Gasteiger partial charge < -0.3 is 9.13 Å². The van der Waals surface area contributed by atoms with Crippen LogP contribution in [0.3, 0.4) is 0 Å². The van der Waals surface area contributed by atoms with E-state index in [-0.39, 0.29) is 12.0 Å². The van der Waals surface area contributed by atoms with Gasteiger partial charge in [-0.15, -0.1) is 0 Å². The summed E-state index contributed by atoms with van der Waals surface area (Å²) in [4.78, 5) is 0. The van der Waals surface area contributed by atoms with Crippen LogP contribution in [0.1, 0.15) is 47.2 Å². The van der Waals surface area contributed by atoms with Crippen molar-refractivity contribution >= 4 is 38.8 Å². The number of nitrogens with zero attached hydrogens (tertiary/aromatic N) is 5. The fourth-order valence-corrected chi connectivity index (χ4v) is 7.59. The molecule has 8 rings (SSSR count). The number of hydrogen-bond acceptors (Lipinski definition) is 3. The molecule has 4 aromatic carbocycles. The Morgan fingerprint density at radius 1 is 0.727 bits per heavy atom. The normalized spacial score (nSPS) is 19.3. The SMILES string of the molecule is N#CC1=CC(c2ccc(C#N)c(-n3c4c(c5ccccc53)CCC=C4)c2)C(n2c3ccccc3c3ccccc32)C(C#N)C1. The number of aryl methyl sites for hydroxylation is 1. The van der Waals surface area contributed by atoms with Gasteiger partial charge in [0.15, 0.2) is 0 Å². The molecule has 2 aromatic heterocycles. The smallest absolute Gasteiger partial charge is 0.101 e. The predicted molar refractivity (Wildman–Crippen MR) is 174 cm³/mol. The van der Waals surface area contributed by atoms with Crippen LogP contribution in [0.5, 0.6) is 0 Å². The van der Waals surface area contributed by atoms with Crippen molar-refractivity contribution in [3.8, 4) is 23.9 Å². The average Bonchev–Trinajstić information content (AvgIpc) is 3.60. The fraction of sp³-hybridized carbons (Fsp3) is 0.154. The topological polar surface area (TPSA) is 81.2 Å². The Balaban J connectivity index is 1.40. The van der Waals surface area contributed by atoms with E-state index >= 15 is 0 Å². The van der Waals surface area contributed by atoms with Crippen LogP contribution in [-0.2, 0) is 6.42 Å². The zero-order valence-corrected chi connectivity index (χ0v) is 24.0. The van der Waals surface area contributed by atoms with E-state index in [1.807, 2.05) is 30.3 Å². The van der Waals surface area contributed by atoms with Crippen molar-refractivity contribution in [1.29, 1.82) is 15.8 Å². The number of rotatable bonds is 3. The van der Waals surface area contributed by atoms with Crippen LogP contribution in [0, 0.1) is 39.9 Å². The molecule has 0 aliphatic heterocycles. The Hall–Kier alpha value is -5.83. The first-order valence-corrected chi connectivity index (χ1v) is 15.0. The summed E-state index contributed by atoms with van der Waals surface area (Å²) in [5.74, 6) is -0.678. The molecule has 6 aromatic rings. The van der Waals surface area contributed by atoms with Gasteiger partial charge in [0.25, 0.3) is 0 Å². The van der Waals surface area contributed by atoms with Gasteiger partial charge in [-0.1, -0.05) is 72.8 Å². The molecule has 0 amide bonds. The molecule has 3 atom stereocenters. The van der Waals surface area contributed by atoms with E-state index in [1.165, 1.54) is 10.9 Å². The van der Waals surface area contributed by atoms with Crippen molar-refractivity contribution in [2.75, 3.05) is 0 Å². The van der Waals surface area contributed by atoms with Crippen LogP contribution in [0.2, 0.25) is 0 Å². The lowest BCUT2D eigenvalue weighted by Gasteiger charge is -2.35. The van der Waals surface area contributed by atoms with E-state index < -0.39 is 5.92 Å². The van der Waals surface area contributed by atoms with Crippen molar-refractivity contribution in [2.45, 2.75) is 31.2 Å². The summed E-state index contributed by atoms with van der Waals surface area (Å²) in [5, 5.41) is 34.4. The number of hydrogen-bond donors (Lipinski definition) is 0. The second-order valence-electron chi connectivity index (χ2n) is 11.7. The van der Waals surface area contributed by atoms with Gasteiger partial charge in [0.1, 0.15) is 6.07 Å². The van der Waals surface area contributed by atoms with Crippen LogP contribution >= 0.6 is 0 Å². The minimum Gasteiger partial charge on any atom is -0.335 e. The highest BCUT2D eigenvalue weighted by Crippen LogP contribution is 2.47. The van der Waals surface area contributed by atoms with Crippen LogP contribution in [-0.4, -0.2) is 9.13 Å². The van der Waals surface area contributed by atoms with Gasteiger partial charge in [-0.05, 0) is 66.8 Å². The van der Waals surface area contributed by atoms with E-state index in [0.29, 0.717) is 17.6 Å². The highest BCUT2D eigenvalue weighted by Gasteiger charge is 2.38. The molecule has 2 aliphatic carbocycles. The van der Waals surface area contributed by atoms with Crippen molar-refractivity contribution in [3.05, 3.63) is 131 Å². The van der Waals surface area contributed by atoms with Gasteiger partial charge in [-0.25, -0.2) is 0 Å². The summed E-state index contributed by atoms with van der Waals surface area (Å²) < 4.78 is 4.54. The number of para-hydroxylation sites is 3. The summed E-state index contributed by atoms with van der Waals surface area (Å²) in [6.07, 6.45) is 8.78. The minimum atomic E-state index is -0.416. The monoisotopic (exact) mass is 565 g/mol. The largest absolute Gasteiger partial charge is 0.335 e. The molecule has 0 spiro atoms. The third-order valence-corrected chi connectivity index (χ3v) is 9.45. The number of aromatic nitrogens is 2. The summed E-state index contributed by atoms with van der Waals surface area (Å²) in [6, 6.07) is 38.3. The van der Waals surface area contributed by atoms with Gasteiger partial charge in [-0.3, -0.25) is 0 Å². The van der Waals surface area contributed by atoms with Gasteiger partial charge in [0.05, 0.1) is 40.9 Å². The molecule has 0 fully saturated rings. The summed E-state index contributed by atoms with van der Waals surface area (Å²) in [6.45, 7) is 0. The molecule has 5 heteroatoms. The zero-order chi connectivity index (χ0) is 29.8. The quantitative estimate of drug-likeness (QED) is 0.215. The summed E-state index contributed by atoms with van der Waals surface area (Å²) >= 11 is 0. The van der Waals surface area contributed by atoms with Gasteiger partial charge in [-0.2, -0.15) is 15.8 Å². The lowest BCUT2D eigenvalue weighted by atomic mass is 9.75. The van der Waals surface area contributed by atoms with Gasteiger partial charge in [0, 0.05) is 44.4 Å². The lowest BCUT2D eigenvalue weighted by molar-refractivity contribution is 0.359. The summed E-state index contributed by atoms with van der Waals surface area (Å²) in [7, 11) is 0. The first kappa shape index (κ1) is 25.8. The third kappa shape index (κ3) is 3.75. The second-order valence-corrected chi connectivity index (χ2v) is 11.7. The zero-order valence-electron chi connectivity index (χ0n) is 24.0. The van der Waals surface area contributed by atoms with Crippen molar-refractivity contribution in [2.24, 2.45) is 5.92 Å². The molecule has 3 unspecified atom stereocenters. The molecular formula is C39H27N5. The van der Waals surface area contributed by atoms with E-state index in [1.54, 1.807) is 0 Å². The minimum absolute atomic E-state index is 0.252. The molecule has 0 saturated carbocycles. The maximum atomic E-state index is 10.6. The molecule has 5 nitrogen and oxygen atoms in total. The first-order valence-electron chi connectivity index (χ1n) is 15.0. The van der Waals surface area contributed by atoms with Gasteiger partial charge >= 0.3 is 0 Å². The predicted octanol–water partition coefficient (Wildman–Crippen LogP) is 8.89. The molecule has 0 N–H and O–H groups in total. The van der Waals surface area contributed by atoms with E-state index in [0.717, 1.165) is 57.1 Å². The molecule has 0 saturated heterocycles. The molecule has 0 radical (unpaired) electrons. The number of fused-ring (bicyclic) bond motifs is 6. The second kappa shape index (κ2) is 10.2. The number of allylic oxidation sites excluding steroid dienone is 3. The fourth-order valence-electron chi connectivity index (χ4n) is 7.59. The third-order valence-electron chi connectivity index (χ3n) is 9.45. The molecule has 2 heterocycles. The Morgan fingerprint density at radius 2 is 1.41 bits per heavy atom. The van der Waals surface area contributed by atoms with E-state index in [4.69, 9.17) is 0 Å². The number of nitriles is 3. The van der Waals surface area contributed by atoms with Crippen LogP contribution in [0.25, 0.3) is 44.5 Å². The van der Waals surface area contributed by atoms with Crippen LogP contribution < -0.4 is 0 Å². The van der Waals surface area contributed by atoms with Crippen molar-refractivity contribution < 1.29 is 0 Å². The molecular weight excluding hydrogens is 538 g/mol. The molecule has 0 bridgehead atoms.